The van der Waals surface area contributed by atoms with E-state index in [-0.39, 0.29) is 0 Å². The Bertz CT molecular complexity index is 597. The van der Waals surface area contributed by atoms with Crippen LogP contribution in [0.2, 0.25) is 0 Å². The molecule has 114 valence electrons. The fraction of sp³-hybridized carbons (Fsp3) is 0.529. The minimum atomic E-state index is 0.540. The van der Waals surface area contributed by atoms with Crippen molar-refractivity contribution < 1.29 is 4.42 Å². The molecule has 1 aromatic heterocycles. The fourth-order valence-electron chi connectivity index (χ4n) is 3.14. The van der Waals surface area contributed by atoms with Gasteiger partial charge in [0, 0.05) is 49.7 Å². The molecule has 2 aromatic rings. The lowest BCUT2D eigenvalue weighted by atomic mass is 10.1. The Balaban J connectivity index is 1.74. The number of rotatable bonds is 4. The maximum Gasteiger partial charge on any atom is 0.134 e. The standard InChI is InChI=1S/C17H25N3O/c1-13(2)20-9-7-19(8-10-20)12-17-15(11-18)14-5-3-4-6-16(14)21-17/h3-6,13H,7-12,18H2,1-2H3. The number of para-hydroxylation sites is 1. The lowest BCUT2D eigenvalue weighted by Gasteiger charge is -2.36. The van der Waals surface area contributed by atoms with E-state index in [4.69, 9.17) is 10.2 Å². The van der Waals surface area contributed by atoms with E-state index < -0.39 is 0 Å². The van der Waals surface area contributed by atoms with E-state index in [1.807, 2.05) is 18.2 Å². The number of nitrogens with two attached hydrogens (primary N) is 1. The zero-order valence-electron chi connectivity index (χ0n) is 13.0. The highest BCUT2D eigenvalue weighted by molar-refractivity contribution is 5.82. The van der Waals surface area contributed by atoms with Crippen molar-refractivity contribution in [3.05, 3.63) is 35.6 Å². The maximum atomic E-state index is 6.03. The van der Waals surface area contributed by atoms with Crippen LogP contribution in [0.5, 0.6) is 0 Å². The summed E-state index contributed by atoms with van der Waals surface area (Å²) >= 11 is 0. The summed E-state index contributed by atoms with van der Waals surface area (Å²) < 4.78 is 6.03. The second-order valence-corrected chi connectivity index (χ2v) is 6.11. The fourth-order valence-corrected chi connectivity index (χ4v) is 3.14. The molecule has 1 fully saturated rings. The molecular formula is C17H25N3O. The van der Waals surface area contributed by atoms with E-state index in [1.54, 1.807) is 0 Å². The lowest BCUT2D eigenvalue weighted by Crippen LogP contribution is -2.48. The Kier molecular flexibility index (Phi) is 4.29. The second kappa shape index (κ2) is 6.18. The molecule has 0 spiro atoms. The average molecular weight is 287 g/mol. The van der Waals surface area contributed by atoms with Crippen LogP contribution < -0.4 is 5.73 Å². The van der Waals surface area contributed by atoms with Crippen LogP contribution in [0.15, 0.2) is 28.7 Å². The third kappa shape index (κ3) is 2.98. The number of piperazine rings is 1. The zero-order chi connectivity index (χ0) is 14.8. The van der Waals surface area contributed by atoms with E-state index in [2.05, 4.69) is 29.7 Å². The van der Waals surface area contributed by atoms with E-state index in [1.165, 1.54) is 0 Å². The van der Waals surface area contributed by atoms with E-state index in [0.717, 1.165) is 55.0 Å². The summed E-state index contributed by atoms with van der Waals surface area (Å²) in [6.07, 6.45) is 0. The van der Waals surface area contributed by atoms with E-state index >= 15 is 0 Å². The first-order valence-corrected chi connectivity index (χ1v) is 7.84. The minimum Gasteiger partial charge on any atom is -0.459 e. The van der Waals surface area contributed by atoms with Gasteiger partial charge in [-0.05, 0) is 19.9 Å². The molecule has 1 aliphatic heterocycles. The molecule has 0 unspecified atom stereocenters. The molecule has 0 atom stereocenters. The number of hydrogen-bond acceptors (Lipinski definition) is 4. The molecule has 0 bridgehead atoms. The third-order valence-electron chi connectivity index (χ3n) is 4.49. The average Bonchev–Trinajstić information content (AvgIpc) is 2.84. The van der Waals surface area contributed by atoms with E-state index in [0.29, 0.717) is 12.6 Å². The van der Waals surface area contributed by atoms with Gasteiger partial charge in [0.25, 0.3) is 0 Å². The molecule has 0 aliphatic carbocycles. The molecule has 2 N–H and O–H groups in total. The summed E-state index contributed by atoms with van der Waals surface area (Å²) in [6.45, 7) is 10.4. The minimum absolute atomic E-state index is 0.540. The monoisotopic (exact) mass is 287 g/mol. The smallest absolute Gasteiger partial charge is 0.134 e. The first-order valence-electron chi connectivity index (χ1n) is 7.84. The van der Waals surface area contributed by atoms with Crippen LogP contribution in [-0.4, -0.2) is 42.0 Å². The van der Waals surface area contributed by atoms with Crippen molar-refractivity contribution in [2.24, 2.45) is 5.73 Å². The Hall–Kier alpha value is -1.36. The molecule has 21 heavy (non-hydrogen) atoms. The van der Waals surface area contributed by atoms with Gasteiger partial charge < -0.3 is 10.2 Å². The van der Waals surface area contributed by atoms with Crippen LogP contribution in [0, 0.1) is 0 Å². The highest BCUT2D eigenvalue weighted by atomic mass is 16.3. The summed E-state index contributed by atoms with van der Waals surface area (Å²) in [7, 11) is 0. The van der Waals surface area contributed by atoms with Crippen LogP contribution in [0.1, 0.15) is 25.2 Å². The Morgan fingerprint density at radius 2 is 1.86 bits per heavy atom. The Morgan fingerprint density at radius 1 is 1.14 bits per heavy atom. The highest BCUT2D eigenvalue weighted by Crippen LogP contribution is 2.26. The summed E-state index contributed by atoms with van der Waals surface area (Å²) in [5, 5.41) is 1.16. The second-order valence-electron chi connectivity index (χ2n) is 6.11. The van der Waals surface area contributed by atoms with Crippen molar-refractivity contribution in [2.45, 2.75) is 33.0 Å². The topological polar surface area (TPSA) is 45.6 Å². The van der Waals surface area contributed by atoms with Crippen molar-refractivity contribution in [3.63, 3.8) is 0 Å². The van der Waals surface area contributed by atoms with Crippen molar-refractivity contribution in [1.82, 2.24) is 9.80 Å². The molecule has 4 heteroatoms. The molecule has 2 heterocycles. The van der Waals surface area contributed by atoms with E-state index in [9.17, 15) is 0 Å². The SMILES string of the molecule is CC(C)N1CCN(Cc2oc3ccccc3c2CN)CC1. The normalized spacial score (nSPS) is 17.9. The molecule has 1 aromatic carbocycles. The molecule has 4 nitrogen and oxygen atoms in total. The van der Waals surface area contributed by atoms with Gasteiger partial charge in [0.1, 0.15) is 11.3 Å². The molecule has 0 amide bonds. The predicted molar refractivity (Wildman–Crippen MR) is 86.1 cm³/mol. The van der Waals surface area contributed by atoms with Crippen molar-refractivity contribution in [2.75, 3.05) is 26.2 Å². The van der Waals surface area contributed by atoms with Gasteiger partial charge in [-0.15, -0.1) is 0 Å². The van der Waals surface area contributed by atoms with Gasteiger partial charge in [0.2, 0.25) is 0 Å². The number of hydrogen-bond donors (Lipinski definition) is 1. The first kappa shape index (κ1) is 14.6. The lowest BCUT2D eigenvalue weighted by molar-refractivity contribution is 0.0992. The third-order valence-corrected chi connectivity index (χ3v) is 4.49. The quantitative estimate of drug-likeness (QED) is 0.938. The van der Waals surface area contributed by atoms with Crippen LogP contribution in [0.3, 0.4) is 0 Å². The largest absolute Gasteiger partial charge is 0.459 e. The Labute approximate surface area is 126 Å². The van der Waals surface area contributed by atoms with Crippen LogP contribution in [0.4, 0.5) is 0 Å². The van der Waals surface area contributed by atoms with Gasteiger partial charge in [0.15, 0.2) is 0 Å². The van der Waals surface area contributed by atoms with Gasteiger partial charge in [-0.1, -0.05) is 18.2 Å². The summed E-state index contributed by atoms with van der Waals surface area (Å²) in [5.41, 5.74) is 8.06. The van der Waals surface area contributed by atoms with Crippen molar-refractivity contribution >= 4 is 11.0 Å². The molecular weight excluding hydrogens is 262 g/mol. The molecule has 3 rings (SSSR count). The first-order chi connectivity index (χ1) is 10.2. The van der Waals surface area contributed by atoms with Gasteiger partial charge in [-0.3, -0.25) is 9.80 Å². The summed E-state index contributed by atoms with van der Waals surface area (Å²) in [5.74, 6) is 1.04. The zero-order valence-corrected chi connectivity index (χ0v) is 13.0. The number of nitrogens with zero attached hydrogens (tertiary/aromatic N) is 2. The van der Waals surface area contributed by atoms with Gasteiger partial charge in [-0.2, -0.15) is 0 Å². The number of fused-ring (bicyclic) bond motifs is 1. The van der Waals surface area contributed by atoms with Crippen molar-refractivity contribution in [1.29, 1.82) is 0 Å². The summed E-state index contributed by atoms with van der Waals surface area (Å²) in [4.78, 5) is 4.99. The summed E-state index contributed by atoms with van der Waals surface area (Å²) in [6, 6.07) is 8.81. The molecule has 1 saturated heterocycles. The van der Waals surface area contributed by atoms with Gasteiger partial charge in [0.05, 0.1) is 6.54 Å². The predicted octanol–water partition coefficient (Wildman–Crippen LogP) is 2.42. The molecule has 0 radical (unpaired) electrons. The number of benzene rings is 1. The van der Waals surface area contributed by atoms with Gasteiger partial charge in [-0.25, -0.2) is 0 Å². The Morgan fingerprint density at radius 3 is 2.52 bits per heavy atom. The molecule has 0 saturated carbocycles. The van der Waals surface area contributed by atoms with Crippen LogP contribution in [-0.2, 0) is 13.1 Å². The van der Waals surface area contributed by atoms with Crippen LogP contribution in [0.25, 0.3) is 11.0 Å². The maximum absolute atomic E-state index is 6.03. The van der Waals surface area contributed by atoms with Crippen LogP contribution >= 0.6 is 0 Å². The highest BCUT2D eigenvalue weighted by Gasteiger charge is 2.21. The van der Waals surface area contributed by atoms with Crippen molar-refractivity contribution in [3.8, 4) is 0 Å². The molecule has 1 aliphatic rings. The number of furan rings is 1. The van der Waals surface area contributed by atoms with Gasteiger partial charge >= 0.3 is 0 Å².